The molecular formula is C6H10ClNO6S. The van der Waals surface area contributed by atoms with E-state index in [1.54, 1.807) is 6.26 Å². The molecule has 0 aliphatic heterocycles. The van der Waals surface area contributed by atoms with Gasteiger partial charge in [0.15, 0.2) is 11.8 Å². The maximum atomic E-state index is 11.1. The highest BCUT2D eigenvalue weighted by Gasteiger charge is 2.38. The Morgan fingerprint density at radius 2 is 2.27 bits per heavy atom. The van der Waals surface area contributed by atoms with Crippen molar-refractivity contribution in [1.29, 1.82) is 0 Å². The van der Waals surface area contributed by atoms with Gasteiger partial charge >= 0.3 is 16.8 Å². The molecule has 0 radical (unpaired) electrons. The maximum absolute atomic E-state index is 11.1. The van der Waals surface area contributed by atoms with Crippen molar-refractivity contribution < 1.29 is 39.0 Å². The van der Waals surface area contributed by atoms with Gasteiger partial charge in [-0.3, -0.25) is 0 Å². The van der Waals surface area contributed by atoms with Crippen molar-refractivity contribution in [3.05, 3.63) is 0 Å². The fraction of sp³-hybridized carbons (Fsp3) is 0.667. The Morgan fingerprint density at radius 3 is 2.67 bits per heavy atom. The summed E-state index contributed by atoms with van der Waals surface area (Å²) in [5, 5.41) is 0. The predicted octanol–water partition coefficient (Wildman–Crippen LogP) is -2.80. The molecular weight excluding hydrogens is 250 g/mol. The molecule has 0 aliphatic carbocycles. The quantitative estimate of drug-likeness (QED) is 0.225. The van der Waals surface area contributed by atoms with E-state index in [0.717, 1.165) is 0 Å². The molecule has 0 aromatic rings. The molecule has 0 bridgehead atoms. The van der Waals surface area contributed by atoms with Gasteiger partial charge in [0.05, 0.1) is 0 Å². The normalized spacial score (nSPS) is 14.7. The van der Waals surface area contributed by atoms with E-state index in [1.165, 1.54) is 11.8 Å². The highest BCUT2D eigenvalue weighted by atomic mass is 35.6. The molecule has 0 saturated carbocycles. The maximum Gasteiger partial charge on any atom is 0.379 e. The molecule has 15 heavy (non-hydrogen) atoms. The second kappa shape index (κ2) is 6.99. The van der Waals surface area contributed by atoms with Crippen molar-refractivity contribution in [3.8, 4) is 0 Å². The van der Waals surface area contributed by atoms with Crippen LogP contribution in [0.2, 0.25) is 0 Å². The summed E-state index contributed by atoms with van der Waals surface area (Å²) in [4.78, 5) is 25.5. The molecule has 9 heteroatoms. The van der Waals surface area contributed by atoms with Crippen LogP contribution in [0, 0.1) is 10.8 Å². The van der Waals surface area contributed by atoms with Gasteiger partial charge in [0.25, 0.3) is 4.44 Å². The molecule has 7 nitrogen and oxygen atoms in total. The SMILES string of the molecule is CSCCC(N)(C=O)C(=O)OO[Cl+2]([O-])[O-]. The van der Waals surface area contributed by atoms with Crippen LogP contribution in [0.15, 0.2) is 0 Å². The van der Waals surface area contributed by atoms with E-state index in [-0.39, 0.29) is 12.7 Å². The van der Waals surface area contributed by atoms with Crippen molar-refractivity contribution >= 4 is 24.0 Å². The monoisotopic (exact) mass is 259 g/mol. The van der Waals surface area contributed by atoms with E-state index in [2.05, 4.69) is 9.33 Å². The largest absolute Gasteiger partial charge is 0.379 e. The standard InChI is InChI=1S/C6H10ClNO6S/c1-15-3-2-6(8,4-9)5(10)13-14-7(11)12/h4H,2-3,8H2,1H3. The van der Waals surface area contributed by atoms with Crippen molar-refractivity contribution in [2.45, 2.75) is 12.0 Å². The summed E-state index contributed by atoms with van der Waals surface area (Å²) >= 11 is 1.37. The Balaban J connectivity index is 4.24. The Hall–Kier alpha value is -0.380. The molecule has 1 atom stereocenters. The van der Waals surface area contributed by atoms with Crippen molar-refractivity contribution in [1.82, 2.24) is 0 Å². The zero-order valence-corrected chi connectivity index (χ0v) is 9.38. The van der Waals surface area contributed by atoms with E-state index < -0.39 is 22.3 Å². The minimum Gasteiger partial charge on any atom is -0.317 e. The minimum atomic E-state index is -2.68. The Bertz CT molecular complexity index is 228. The smallest absolute Gasteiger partial charge is 0.317 e. The van der Waals surface area contributed by atoms with Gasteiger partial charge in [-0.1, -0.05) is 0 Å². The van der Waals surface area contributed by atoms with Crippen LogP contribution in [0.4, 0.5) is 0 Å². The van der Waals surface area contributed by atoms with Crippen LogP contribution in [0.25, 0.3) is 0 Å². The number of aldehydes is 1. The number of rotatable bonds is 7. The third kappa shape index (κ3) is 5.30. The Labute approximate surface area is 93.2 Å². The second-order valence-electron chi connectivity index (χ2n) is 2.52. The van der Waals surface area contributed by atoms with Crippen molar-refractivity contribution in [3.63, 3.8) is 0 Å². The lowest BCUT2D eigenvalue weighted by Gasteiger charge is -2.16. The van der Waals surface area contributed by atoms with E-state index in [4.69, 9.17) is 5.73 Å². The van der Waals surface area contributed by atoms with Crippen molar-refractivity contribution in [2.75, 3.05) is 12.0 Å². The summed E-state index contributed by atoms with van der Waals surface area (Å²) < 4.78 is 23.2. The molecule has 0 fully saturated rings. The molecule has 0 rings (SSSR count). The fourth-order valence-corrected chi connectivity index (χ4v) is 1.26. The van der Waals surface area contributed by atoms with Crippen LogP contribution in [0.1, 0.15) is 6.42 Å². The molecule has 1 unspecified atom stereocenters. The van der Waals surface area contributed by atoms with E-state index in [1.807, 2.05) is 0 Å². The lowest BCUT2D eigenvalue weighted by Crippen LogP contribution is -2.52. The van der Waals surface area contributed by atoms with Gasteiger partial charge in [-0.2, -0.15) is 11.8 Å². The first-order valence-corrected chi connectivity index (χ1v) is 5.97. The molecule has 0 amide bonds. The zero-order valence-electron chi connectivity index (χ0n) is 7.80. The van der Waals surface area contributed by atoms with Gasteiger partial charge < -0.3 is 19.8 Å². The number of nitrogens with two attached hydrogens (primary N) is 1. The summed E-state index contributed by atoms with van der Waals surface area (Å²) in [6.07, 6.45) is 1.98. The topological polar surface area (TPSA) is 125 Å². The predicted molar refractivity (Wildman–Crippen MR) is 43.2 cm³/mol. The highest BCUT2D eigenvalue weighted by Crippen LogP contribution is 2.10. The molecule has 0 aliphatic rings. The van der Waals surface area contributed by atoms with Gasteiger partial charge in [-0.05, 0) is 18.4 Å². The van der Waals surface area contributed by atoms with E-state index in [9.17, 15) is 18.9 Å². The van der Waals surface area contributed by atoms with Crippen LogP contribution in [0.3, 0.4) is 0 Å². The lowest BCUT2D eigenvalue weighted by atomic mass is 10.0. The summed E-state index contributed by atoms with van der Waals surface area (Å²) in [5.74, 6) is -0.803. The van der Waals surface area contributed by atoms with Gasteiger partial charge in [0.1, 0.15) is 0 Å². The Kier molecular flexibility index (Phi) is 6.81. The van der Waals surface area contributed by atoms with Crippen LogP contribution in [-0.4, -0.2) is 29.8 Å². The number of carbonyl (C=O) groups excluding carboxylic acids is 2. The number of halogens is 1. The van der Waals surface area contributed by atoms with Gasteiger partial charge in [-0.25, -0.2) is 9.68 Å². The van der Waals surface area contributed by atoms with Crippen LogP contribution in [-0.2, 0) is 18.9 Å². The summed E-state index contributed by atoms with van der Waals surface area (Å²) in [6.45, 7) is 0. The molecule has 0 aromatic carbocycles. The first-order valence-electron chi connectivity index (χ1n) is 3.65. The zero-order chi connectivity index (χ0) is 11.9. The van der Waals surface area contributed by atoms with Crippen LogP contribution >= 0.6 is 11.8 Å². The van der Waals surface area contributed by atoms with Crippen LogP contribution in [0.5, 0.6) is 0 Å². The Morgan fingerprint density at radius 1 is 1.67 bits per heavy atom. The fourth-order valence-electron chi connectivity index (χ4n) is 0.612. The van der Waals surface area contributed by atoms with Gasteiger partial charge in [0.2, 0.25) is 0 Å². The third-order valence-electron chi connectivity index (χ3n) is 1.47. The van der Waals surface area contributed by atoms with E-state index >= 15 is 0 Å². The highest BCUT2D eigenvalue weighted by molar-refractivity contribution is 7.98. The molecule has 0 aromatic heterocycles. The summed E-state index contributed by atoms with van der Waals surface area (Å²) in [6, 6.07) is 0. The first kappa shape index (κ1) is 14.6. The second-order valence-corrected chi connectivity index (χ2v) is 4.01. The minimum absolute atomic E-state index is 0.0290. The van der Waals surface area contributed by atoms with Crippen LogP contribution < -0.4 is 15.1 Å². The summed E-state index contributed by atoms with van der Waals surface area (Å²) in [7, 11) is -2.68. The number of hydrogen-bond donors (Lipinski definition) is 1. The molecule has 2 N–H and O–H groups in total. The van der Waals surface area contributed by atoms with Gasteiger partial charge in [-0.15, -0.1) is 0 Å². The molecule has 0 saturated heterocycles. The summed E-state index contributed by atoms with van der Waals surface area (Å²) in [5.41, 5.74) is 3.49. The van der Waals surface area contributed by atoms with E-state index in [0.29, 0.717) is 5.75 Å². The number of carbonyl (C=O) groups is 2. The molecule has 88 valence electrons. The molecule has 0 spiro atoms. The first-order chi connectivity index (χ1) is 6.96. The lowest BCUT2D eigenvalue weighted by molar-refractivity contribution is -1.64. The molecule has 0 heterocycles. The average molecular weight is 260 g/mol. The number of thioether (sulfide) groups is 1. The number of hydrogen-bond acceptors (Lipinski definition) is 8. The van der Waals surface area contributed by atoms with Gasteiger partial charge in [0, 0.05) is 0 Å². The van der Waals surface area contributed by atoms with Crippen molar-refractivity contribution in [2.24, 2.45) is 5.73 Å². The third-order valence-corrected chi connectivity index (χ3v) is 2.25. The average Bonchev–Trinajstić information content (AvgIpc) is 2.22.